The molecule has 1 fully saturated rings. The van der Waals surface area contributed by atoms with Crippen molar-refractivity contribution in [1.29, 1.82) is 0 Å². The Hall–Kier alpha value is -0.820. The summed E-state index contributed by atoms with van der Waals surface area (Å²) in [5.41, 5.74) is -0.251. The third-order valence-corrected chi connectivity index (χ3v) is 3.28. The number of rotatable bonds is 6. The van der Waals surface area contributed by atoms with E-state index < -0.39 is 24.7 Å². The molecule has 0 bridgehead atoms. The highest BCUT2D eigenvalue weighted by Gasteiger charge is 2.37. The van der Waals surface area contributed by atoms with E-state index in [4.69, 9.17) is 4.74 Å². The molecule has 1 unspecified atom stereocenters. The molecule has 1 amide bonds. The Bertz CT molecular complexity index is 285. The maximum Gasteiger partial charge on any atom is 0.405 e. The van der Waals surface area contributed by atoms with E-state index in [-0.39, 0.29) is 5.60 Å². The van der Waals surface area contributed by atoms with E-state index in [0.29, 0.717) is 6.54 Å². The molecule has 1 atom stereocenters. The molecule has 0 saturated heterocycles. The molecule has 2 N–H and O–H groups in total. The van der Waals surface area contributed by atoms with Gasteiger partial charge in [0.1, 0.15) is 6.54 Å². The van der Waals surface area contributed by atoms with Gasteiger partial charge in [-0.05, 0) is 26.2 Å². The van der Waals surface area contributed by atoms with Crippen molar-refractivity contribution in [3.8, 4) is 0 Å². The molecule has 0 aliphatic heterocycles. The Morgan fingerprint density at radius 1 is 1.44 bits per heavy atom. The molecule has 0 spiro atoms. The van der Waals surface area contributed by atoms with Gasteiger partial charge in [-0.3, -0.25) is 4.79 Å². The number of methoxy groups -OCH3 is 1. The second-order valence-corrected chi connectivity index (χ2v) is 4.68. The first-order valence-electron chi connectivity index (χ1n) is 5.91. The predicted molar refractivity (Wildman–Crippen MR) is 60.1 cm³/mol. The summed E-state index contributed by atoms with van der Waals surface area (Å²) in [5, 5.41) is 4.75. The number of hydrogen-bond donors (Lipinski definition) is 2. The number of amides is 1. The average Bonchev–Trinajstić information content (AvgIpc) is 2.23. The van der Waals surface area contributed by atoms with Gasteiger partial charge in [-0.1, -0.05) is 0 Å². The van der Waals surface area contributed by atoms with Crippen molar-refractivity contribution >= 4 is 5.91 Å². The van der Waals surface area contributed by atoms with Crippen LogP contribution in [0.25, 0.3) is 0 Å². The number of nitrogens with one attached hydrogen (secondary N) is 2. The van der Waals surface area contributed by atoms with Crippen molar-refractivity contribution in [1.82, 2.24) is 10.6 Å². The molecule has 1 aliphatic carbocycles. The van der Waals surface area contributed by atoms with Crippen molar-refractivity contribution < 1.29 is 22.7 Å². The van der Waals surface area contributed by atoms with E-state index in [9.17, 15) is 18.0 Å². The highest BCUT2D eigenvalue weighted by molar-refractivity contribution is 5.81. The van der Waals surface area contributed by atoms with Gasteiger partial charge in [-0.2, -0.15) is 13.2 Å². The molecule has 18 heavy (non-hydrogen) atoms. The lowest BCUT2D eigenvalue weighted by Crippen LogP contribution is -2.53. The van der Waals surface area contributed by atoms with Crippen molar-refractivity contribution in [2.75, 3.05) is 20.2 Å². The number of carbonyl (C=O) groups excluding carboxylic acids is 1. The molecular weight excluding hydrogens is 249 g/mol. The molecule has 0 radical (unpaired) electrons. The minimum absolute atomic E-state index is 0.251. The highest BCUT2D eigenvalue weighted by atomic mass is 19.4. The summed E-state index contributed by atoms with van der Waals surface area (Å²) < 4.78 is 41.1. The number of alkyl halides is 3. The maximum absolute atomic E-state index is 11.9. The van der Waals surface area contributed by atoms with E-state index in [0.717, 1.165) is 19.3 Å². The third-order valence-electron chi connectivity index (χ3n) is 3.28. The Labute approximate surface area is 104 Å². The fraction of sp³-hybridized carbons (Fsp3) is 0.909. The number of halogens is 3. The summed E-state index contributed by atoms with van der Waals surface area (Å²) in [6.07, 6.45) is -1.48. The van der Waals surface area contributed by atoms with Crippen molar-refractivity contribution in [3.63, 3.8) is 0 Å². The van der Waals surface area contributed by atoms with Crippen molar-refractivity contribution in [2.45, 2.75) is 44.0 Å². The molecule has 0 aromatic heterocycles. The maximum atomic E-state index is 11.9. The topological polar surface area (TPSA) is 50.4 Å². The predicted octanol–water partition coefficient (Wildman–Crippen LogP) is 1.21. The first-order valence-corrected chi connectivity index (χ1v) is 5.91. The van der Waals surface area contributed by atoms with Gasteiger partial charge in [0, 0.05) is 13.7 Å². The van der Waals surface area contributed by atoms with Crippen LogP contribution in [0.15, 0.2) is 0 Å². The fourth-order valence-corrected chi connectivity index (χ4v) is 1.80. The summed E-state index contributed by atoms with van der Waals surface area (Å²) in [7, 11) is 1.61. The van der Waals surface area contributed by atoms with Gasteiger partial charge in [-0.15, -0.1) is 0 Å². The Morgan fingerprint density at radius 3 is 2.44 bits per heavy atom. The third kappa shape index (κ3) is 4.45. The minimum Gasteiger partial charge on any atom is -0.377 e. The monoisotopic (exact) mass is 268 g/mol. The Morgan fingerprint density at radius 2 is 2.06 bits per heavy atom. The van der Waals surface area contributed by atoms with Crippen LogP contribution < -0.4 is 10.6 Å². The summed E-state index contributed by atoms with van der Waals surface area (Å²) in [6.45, 7) is 0.713. The van der Waals surface area contributed by atoms with Gasteiger partial charge in [0.05, 0.1) is 11.6 Å². The zero-order valence-electron chi connectivity index (χ0n) is 10.6. The lowest BCUT2D eigenvalue weighted by molar-refractivity contribution is -0.139. The van der Waals surface area contributed by atoms with Gasteiger partial charge >= 0.3 is 6.18 Å². The first-order chi connectivity index (χ1) is 8.28. The van der Waals surface area contributed by atoms with Crippen LogP contribution in [0.2, 0.25) is 0 Å². The van der Waals surface area contributed by atoms with E-state index in [2.05, 4.69) is 5.32 Å². The number of hydrogen-bond acceptors (Lipinski definition) is 3. The lowest BCUT2D eigenvalue weighted by Gasteiger charge is -2.41. The van der Waals surface area contributed by atoms with Crippen molar-refractivity contribution in [2.24, 2.45) is 0 Å². The van der Waals surface area contributed by atoms with Crippen LogP contribution in [0, 0.1) is 0 Å². The summed E-state index contributed by atoms with van der Waals surface area (Å²) in [5.74, 6) is -0.655. The van der Waals surface area contributed by atoms with E-state index in [1.807, 2.05) is 5.32 Å². The molecule has 1 saturated carbocycles. The van der Waals surface area contributed by atoms with Crippen LogP contribution in [0.1, 0.15) is 26.2 Å². The standard InChI is InChI=1S/C11H19F3N2O2/c1-8(9(17)16-7-11(12,13)14)15-6-10(18-2)4-3-5-10/h8,15H,3-7H2,1-2H3,(H,16,17). The molecule has 106 valence electrons. The van der Waals surface area contributed by atoms with Crippen LogP contribution in [-0.4, -0.2) is 43.9 Å². The molecule has 7 heteroatoms. The van der Waals surface area contributed by atoms with Crippen LogP contribution in [0.4, 0.5) is 13.2 Å². The Balaban J connectivity index is 2.27. The van der Waals surface area contributed by atoms with Crippen LogP contribution >= 0.6 is 0 Å². The normalized spacial score (nSPS) is 20.1. The summed E-state index contributed by atoms with van der Waals surface area (Å²) in [6, 6.07) is -0.667. The van der Waals surface area contributed by atoms with E-state index >= 15 is 0 Å². The average molecular weight is 268 g/mol. The molecule has 1 rings (SSSR count). The summed E-state index contributed by atoms with van der Waals surface area (Å²) >= 11 is 0. The van der Waals surface area contributed by atoms with Gasteiger partial charge < -0.3 is 15.4 Å². The largest absolute Gasteiger partial charge is 0.405 e. The SMILES string of the molecule is COC1(CNC(C)C(=O)NCC(F)(F)F)CCC1. The molecule has 4 nitrogen and oxygen atoms in total. The zero-order valence-corrected chi connectivity index (χ0v) is 10.6. The second kappa shape index (κ2) is 5.88. The van der Waals surface area contributed by atoms with Gasteiger partial charge in [-0.25, -0.2) is 0 Å². The molecule has 0 heterocycles. The molecule has 0 aromatic rings. The first kappa shape index (κ1) is 15.2. The van der Waals surface area contributed by atoms with Gasteiger partial charge in [0.25, 0.3) is 0 Å². The summed E-state index contributed by atoms with van der Waals surface area (Å²) in [4.78, 5) is 11.4. The van der Waals surface area contributed by atoms with Crippen LogP contribution in [0.5, 0.6) is 0 Å². The van der Waals surface area contributed by atoms with Crippen LogP contribution in [-0.2, 0) is 9.53 Å². The molecular formula is C11H19F3N2O2. The quantitative estimate of drug-likeness (QED) is 0.761. The number of carbonyl (C=O) groups is 1. The molecule has 0 aromatic carbocycles. The number of ether oxygens (including phenoxy) is 1. The highest BCUT2D eigenvalue weighted by Crippen LogP contribution is 2.34. The Kier molecular flexibility index (Phi) is 4.98. The van der Waals surface area contributed by atoms with E-state index in [1.54, 1.807) is 7.11 Å². The molecule has 1 aliphatic rings. The second-order valence-electron chi connectivity index (χ2n) is 4.68. The lowest BCUT2D eigenvalue weighted by atomic mass is 9.80. The van der Waals surface area contributed by atoms with E-state index in [1.165, 1.54) is 6.92 Å². The fourth-order valence-electron chi connectivity index (χ4n) is 1.80. The smallest absolute Gasteiger partial charge is 0.377 e. The van der Waals surface area contributed by atoms with Crippen molar-refractivity contribution in [3.05, 3.63) is 0 Å². The minimum atomic E-state index is -4.38. The van der Waals surface area contributed by atoms with Gasteiger partial charge in [0.2, 0.25) is 5.91 Å². The zero-order chi connectivity index (χ0) is 13.8. The van der Waals surface area contributed by atoms with Gasteiger partial charge in [0.15, 0.2) is 0 Å². The van der Waals surface area contributed by atoms with Crippen LogP contribution in [0.3, 0.4) is 0 Å².